The monoisotopic (exact) mass is 731 g/mol. The molecule has 52 heavy (non-hydrogen) atoms. The Bertz CT molecular complexity index is 2060. The largest absolute Gasteiger partial charge is 0.744 e. The van der Waals surface area contributed by atoms with Crippen molar-refractivity contribution in [2.75, 3.05) is 24.5 Å². The summed E-state index contributed by atoms with van der Waals surface area (Å²) in [6.45, 7) is 17.1. The maximum atomic E-state index is 12.3. The SMILES string of the molecule is CC[N+](CC)=c1ccc2c(C(C)(C)C)cc(/C=C/C=C3/N(CCCCCC(=O)ON4C(=O)CCC4=O)c4ccc(S(=O)(=O)[O-])cc4C3(C)C)oc-2c1. The normalized spacial score (nSPS) is 16.8. The second-order valence-corrected chi connectivity index (χ2v) is 16.2. The van der Waals surface area contributed by atoms with Crippen molar-refractivity contribution in [3.63, 3.8) is 0 Å². The first-order chi connectivity index (χ1) is 24.4. The van der Waals surface area contributed by atoms with E-state index in [1.165, 1.54) is 12.1 Å². The van der Waals surface area contributed by atoms with Crippen LogP contribution in [0.3, 0.4) is 0 Å². The van der Waals surface area contributed by atoms with Crippen LogP contribution in [0.1, 0.15) is 104 Å². The van der Waals surface area contributed by atoms with Gasteiger partial charge in [0.2, 0.25) is 5.36 Å². The molecule has 0 bridgehead atoms. The number of benzene rings is 2. The number of nitrogens with zero attached hydrogens (tertiary/aromatic N) is 3. The average molecular weight is 732 g/mol. The highest BCUT2D eigenvalue weighted by Gasteiger charge is 2.40. The van der Waals surface area contributed by atoms with Gasteiger partial charge in [0, 0.05) is 54.2 Å². The van der Waals surface area contributed by atoms with Crippen molar-refractivity contribution >= 4 is 39.7 Å². The summed E-state index contributed by atoms with van der Waals surface area (Å²) in [6, 6.07) is 12.9. The van der Waals surface area contributed by atoms with Gasteiger partial charge in [-0.2, -0.15) is 0 Å². The number of fused-ring (bicyclic) bond motifs is 2. The number of imide groups is 1. The minimum Gasteiger partial charge on any atom is -0.744 e. The highest BCUT2D eigenvalue weighted by Crippen LogP contribution is 2.48. The lowest BCUT2D eigenvalue weighted by Crippen LogP contribution is -2.32. The molecule has 1 fully saturated rings. The van der Waals surface area contributed by atoms with E-state index in [2.05, 4.69) is 68.4 Å². The molecule has 1 saturated heterocycles. The minimum absolute atomic E-state index is 0.0415. The van der Waals surface area contributed by atoms with Crippen molar-refractivity contribution in [3.05, 3.63) is 82.6 Å². The molecule has 1 aliphatic carbocycles. The quantitative estimate of drug-likeness (QED) is 0.0914. The molecule has 12 heteroatoms. The number of carbonyl (C=O) groups is 3. The zero-order chi connectivity index (χ0) is 38.0. The fraction of sp³-hybridized carbons (Fsp3) is 0.450. The molecule has 2 amide bonds. The van der Waals surface area contributed by atoms with Gasteiger partial charge in [0.1, 0.15) is 34.7 Å². The van der Waals surface area contributed by atoms with Crippen molar-refractivity contribution in [2.45, 2.75) is 103 Å². The van der Waals surface area contributed by atoms with Crippen LogP contribution < -0.4 is 14.8 Å². The molecule has 0 saturated carbocycles. The van der Waals surface area contributed by atoms with Gasteiger partial charge in [0.25, 0.3) is 11.8 Å². The molecular weight excluding hydrogens is 683 g/mol. The van der Waals surface area contributed by atoms with E-state index in [4.69, 9.17) is 9.25 Å². The molecule has 4 aliphatic rings. The van der Waals surface area contributed by atoms with Gasteiger partial charge in [0.15, 0.2) is 0 Å². The number of unbranched alkanes of at least 4 members (excludes halogenated alkanes) is 2. The lowest BCUT2D eigenvalue weighted by atomic mass is 9.82. The Kier molecular flexibility index (Phi) is 11.3. The van der Waals surface area contributed by atoms with E-state index in [1.807, 2.05) is 32.1 Å². The summed E-state index contributed by atoms with van der Waals surface area (Å²) in [6.07, 6.45) is 7.81. The van der Waals surface area contributed by atoms with Gasteiger partial charge in [-0.05, 0) is 85.7 Å². The van der Waals surface area contributed by atoms with Crippen LogP contribution in [0.5, 0.6) is 0 Å². The molecule has 5 rings (SSSR count). The van der Waals surface area contributed by atoms with Crippen molar-refractivity contribution in [1.82, 2.24) is 9.64 Å². The summed E-state index contributed by atoms with van der Waals surface area (Å²) in [4.78, 5) is 42.7. The molecule has 1 aromatic rings. The number of amides is 2. The van der Waals surface area contributed by atoms with E-state index < -0.39 is 33.3 Å². The van der Waals surface area contributed by atoms with Gasteiger partial charge in [0.05, 0.1) is 11.0 Å². The third kappa shape index (κ3) is 8.23. The van der Waals surface area contributed by atoms with E-state index in [0.29, 0.717) is 36.6 Å². The molecule has 0 radical (unpaired) electrons. The third-order valence-corrected chi connectivity index (χ3v) is 10.7. The Morgan fingerprint density at radius 3 is 2.33 bits per heavy atom. The van der Waals surface area contributed by atoms with Crippen LogP contribution in [-0.4, -0.2) is 55.5 Å². The first-order valence-corrected chi connectivity index (χ1v) is 19.4. The zero-order valence-corrected chi connectivity index (χ0v) is 32.0. The molecule has 278 valence electrons. The molecule has 0 N–H and O–H groups in total. The van der Waals surface area contributed by atoms with Crippen molar-refractivity contribution in [2.24, 2.45) is 0 Å². The second-order valence-electron chi connectivity index (χ2n) is 14.8. The van der Waals surface area contributed by atoms with E-state index in [1.54, 1.807) is 6.07 Å². The number of allylic oxidation sites excluding steroid dienone is 3. The standard InChI is InChI=1S/C40H49N3O8S/c1-8-41(9-2)27-17-19-30-31(39(3,4)5)25-28(50-34(30)24-27)14-13-15-35-40(6,7)32-26-29(52(47,48)49)18-20-33(32)42(35)23-12-10-11-16-38(46)51-43-36(44)21-22-37(43)45/h13-15,17-20,24-26H,8-12,16,21-23H2,1-7H3. The Morgan fingerprint density at radius 2 is 1.69 bits per heavy atom. The first kappa shape index (κ1) is 38.7. The Balaban J connectivity index is 1.42. The van der Waals surface area contributed by atoms with E-state index in [0.717, 1.165) is 52.3 Å². The van der Waals surface area contributed by atoms with Gasteiger partial charge in [-0.25, -0.2) is 17.8 Å². The third-order valence-electron chi connectivity index (χ3n) is 9.83. The first-order valence-electron chi connectivity index (χ1n) is 18.0. The van der Waals surface area contributed by atoms with Crippen LogP contribution in [-0.2, 0) is 40.2 Å². The lowest BCUT2D eigenvalue weighted by molar-refractivity contribution is -0.197. The summed E-state index contributed by atoms with van der Waals surface area (Å²) < 4.78 is 44.7. The van der Waals surface area contributed by atoms with Gasteiger partial charge < -0.3 is 18.7 Å². The predicted molar refractivity (Wildman–Crippen MR) is 198 cm³/mol. The molecule has 1 aromatic carbocycles. The maximum Gasteiger partial charge on any atom is 0.333 e. The van der Waals surface area contributed by atoms with Crippen LogP contribution in [0.4, 0.5) is 5.69 Å². The summed E-state index contributed by atoms with van der Waals surface area (Å²) in [5.74, 6) is -0.166. The number of hydroxylamine groups is 2. The summed E-state index contributed by atoms with van der Waals surface area (Å²) in [7, 11) is -4.66. The molecule has 3 aliphatic heterocycles. The minimum atomic E-state index is -4.66. The Hall–Kier alpha value is -4.55. The van der Waals surface area contributed by atoms with Crippen molar-refractivity contribution in [3.8, 4) is 11.3 Å². The van der Waals surface area contributed by atoms with Crippen LogP contribution in [0, 0.1) is 0 Å². The smallest absolute Gasteiger partial charge is 0.333 e. The molecule has 0 unspecified atom stereocenters. The summed E-state index contributed by atoms with van der Waals surface area (Å²) in [5, 5.41) is 1.66. The number of anilines is 1. The fourth-order valence-electron chi connectivity index (χ4n) is 6.99. The van der Waals surface area contributed by atoms with Crippen LogP contribution >= 0.6 is 0 Å². The predicted octanol–water partition coefficient (Wildman–Crippen LogP) is 6.26. The molecule has 3 heterocycles. The second kappa shape index (κ2) is 15.2. The van der Waals surface area contributed by atoms with Crippen LogP contribution in [0.15, 0.2) is 69.6 Å². The number of hydrogen-bond acceptors (Lipinski definition) is 9. The van der Waals surface area contributed by atoms with Gasteiger partial charge >= 0.3 is 5.97 Å². The Labute approximate surface area is 306 Å². The summed E-state index contributed by atoms with van der Waals surface area (Å²) >= 11 is 0. The summed E-state index contributed by atoms with van der Waals surface area (Å²) in [5.41, 5.74) is 3.88. The molecule has 0 aromatic heterocycles. The van der Waals surface area contributed by atoms with E-state index in [-0.39, 0.29) is 29.6 Å². The zero-order valence-electron chi connectivity index (χ0n) is 31.2. The lowest BCUT2D eigenvalue weighted by Gasteiger charge is -2.27. The fourth-order valence-corrected chi connectivity index (χ4v) is 7.49. The van der Waals surface area contributed by atoms with Crippen molar-refractivity contribution < 1.29 is 36.6 Å². The number of carbonyl (C=O) groups excluding carboxylic acids is 3. The topological polar surface area (TPSA) is 140 Å². The molecule has 11 nitrogen and oxygen atoms in total. The van der Waals surface area contributed by atoms with Crippen LogP contribution in [0.25, 0.3) is 17.4 Å². The molecule has 0 atom stereocenters. The van der Waals surface area contributed by atoms with Gasteiger partial charge in [-0.1, -0.05) is 47.1 Å². The van der Waals surface area contributed by atoms with Gasteiger partial charge in [-0.3, -0.25) is 9.59 Å². The van der Waals surface area contributed by atoms with Gasteiger partial charge in [-0.15, -0.1) is 5.06 Å². The Morgan fingerprint density at radius 1 is 1.00 bits per heavy atom. The van der Waals surface area contributed by atoms with Crippen LogP contribution in [0.2, 0.25) is 0 Å². The molecule has 0 spiro atoms. The number of rotatable bonds is 12. The highest BCUT2D eigenvalue weighted by molar-refractivity contribution is 7.85. The number of hydrogen-bond donors (Lipinski definition) is 0. The highest BCUT2D eigenvalue weighted by atomic mass is 32.2. The molecular formula is C40H49N3O8S. The van der Waals surface area contributed by atoms with E-state index >= 15 is 0 Å². The van der Waals surface area contributed by atoms with E-state index in [9.17, 15) is 27.4 Å². The maximum absolute atomic E-state index is 12.3. The average Bonchev–Trinajstić information content (AvgIpc) is 3.50. The van der Waals surface area contributed by atoms with Crippen molar-refractivity contribution in [1.29, 1.82) is 0 Å².